The largest absolute Gasteiger partial charge is 0.472 e. The second kappa shape index (κ2) is 41.3. The summed E-state index contributed by atoms with van der Waals surface area (Å²) in [6.45, 7) is 3.30. The van der Waals surface area contributed by atoms with Crippen molar-refractivity contribution in [2.45, 2.75) is 275 Å². The lowest BCUT2D eigenvalue weighted by Crippen LogP contribution is -2.64. The van der Waals surface area contributed by atoms with E-state index in [0.29, 0.717) is 12.8 Å². The van der Waals surface area contributed by atoms with Crippen LogP contribution in [0.5, 0.6) is 0 Å². The molecule has 0 aromatic rings. The van der Waals surface area contributed by atoms with Crippen LogP contribution in [0.15, 0.2) is 24.3 Å². The number of rotatable bonds is 44. The highest BCUT2D eigenvalue weighted by Gasteiger charge is 2.51. The van der Waals surface area contributed by atoms with Gasteiger partial charge >= 0.3 is 19.8 Å². The second-order valence-electron chi connectivity index (χ2n) is 18.4. The Kier molecular flexibility index (Phi) is 39.0. The van der Waals surface area contributed by atoms with E-state index in [4.69, 9.17) is 18.5 Å². The first-order chi connectivity index (χ1) is 31.4. The zero-order valence-corrected chi connectivity index (χ0v) is 41.7. The molecule has 0 spiro atoms. The minimum absolute atomic E-state index is 0.0966. The van der Waals surface area contributed by atoms with E-state index in [9.17, 15) is 44.6 Å². The molecule has 6 unspecified atom stereocenters. The van der Waals surface area contributed by atoms with Crippen molar-refractivity contribution in [2.75, 3.05) is 13.2 Å². The van der Waals surface area contributed by atoms with Crippen LogP contribution >= 0.6 is 7.82 Å². The van der Waals surface area contributed by atoms with Crippen molar-refractivity contribution in [1.29, 1.82) is 0 Å². The van der Waals surface area contributed by atoms with Crippen molar-refractivity contribution in [1.82, 2.24) is 0 Å². The van der Waals surface area contributed by atoms with Gasteiger partial charge in [-0.1, -0.05) is 186 Å². The maximum Gasteiger partial charge on any atom is 0.472 e. The highest BCUT2D eigenvalue weighted by atomic mass is 31.2. The monoisotopic (exact) mass is 947 g/mol. The van der Waals surface area contributed by atoms with E-state index in [1.807, 2.05) is 0 Å². The summed E-state index contributed by atoms with van der Waals surface area (Å²) in [5.74, 6) is -1.09. The lowest BCUT2D eigenvalue weighted by atomic mass is 9.85. The molecule has 1 fully saturated rings. The van der Waals surface area contributed by atoms with E-state index in [0.717, 1.165) is 51.4 Å². The molecule has 0 bridgehead atoms. The fraction of sp³-hybridized carbons (Fsp3) is 0.882. The maximum atomic E-state index is 12.8. The second-order valence-corrected chi connectivity index (χ2v) is 19.8. The lowest BCUT2D eigenvalue weighted by Gasteiger charge is -2.41. The predicted molar refractivity (Wildman–Crippen MR) is 258 cm³/mol. The molecule has 1 aliphatic rings. The highest BCUT2D eigenvalue weighted by Crippen LogP contribution is 2.47. The molecule has 13 nitrogen and oxygen atoms in total. The first-order valence-electron chi connectivity index (χ1n) is 26.1. The van der Waals surface area contributed by atoms with Gasteiger partial charge in [-0.25, -0.2) is 4.57 Å². The number of aliphatic hydroxyl groups is 5. The van der Waals surface area contributed by atoms with E-state index in [-0.39, 0.29) is 12.8 Å². The molecule has 0 heterocycles. The Labute approximate surface area is 394 Å². The third-order valence-electron chi connectivity index (χ3n) is 12.3. The van der Waals surface area contributed by atoms with Crippen molar-refractivity contribution < 1.29 is 63.1 Å². The summed E-state index contributed by atoms with van der Waals surface area (Å²) in [6.07, 6.45) is 33.7. The lowest BCUT2D eigenvalue weighted by molar-refractivity contribution is -0.220. The first kappa shape index (κ1) is 61.3. The van der Waals surface area contributed by atoms with Crippen LogP contribution in [0, 0.1) is 0 Å². The van der Waals surface area contributed by atoms with E-state index in [1.54, 1.807) is 0 Å². The zero-order valence-electron chi connectivity index (χ0n) is 40.8. The van der Waals surface area contributed by atoms with Crippen LogP contribution in [0.2, 0.25) is 0 Å². The summed E-state index contributed by atoms with van der Waals surface area (Å²) in [7, 11) is -5.12. The Hall–Kier alpha value is -1.67. The molecule has 1 saturated carbocycles. The molecule has 382 valence electrons. The minimum Gasteiger partial charge on any atom is -0.462 e. The SMILES string of the molecule is CCCC/C=C/CCCCCCCCCCCC(=O)O[C@@H](COC(=O)CCCCCCCCCCCCC/C=C/CCCCCCCC)COP(=O)(O)OC1C(O)C(O)C(O)[C@H](O)C1O. The van der Waals surface area contributed by atoms with E-state index < -0.39 is 75.7 Å². The predicted octanol–water partition coefficient (Wildman–Crippen LogP) is 11.2. The van der Waals surface area contributed by atoms with Gasteiger partial charge in [0.25, 0.3) is 0 Å². The standard InChI is InChI=1S/C51H95O13P/c1-3-5-7-9-11-13-15-17-19-20-21-22-23-24-26-27-29-31-33-35-37-39-44(52)61-41-43(42-62-65(59,60)64-51-49(57)47(55)46(54)48(56)50(51)58)63-45(53)40-38-36-34-32-30-28-25-18-16-14-12-10-8-6-4-2/h10,12,17,19,43,46-51,54-58H,3-9,11,13-16,18,20-42H2,1-2H3,(H,59,60)/b12-10+,19-17+/t43-,46?,47-,48?,49?,50?,51?/m0/s1. The number of phosphoric ester groups is 1. The Morgan fingerprint density at radius 1 is 0.462 bits per heavy atom. The molecule has 6 N–H and O–H groups in total. The number of aliphatic hydroxyl groups excluding tert-OH is 5. The Morgan fingerprint density at radius 2 is 0.800 bits per heavy atom. The van der Waals surface area contributed by atoms with Gasteiger partial charge in [-0.05, 0) is 57.8 Å². The number of hydrogen-bond donors (Lipinski definition) is 6. The Bertz CT molecular complexity index is 1230. The third kappa shape index (κ3) is 33.5. The van der Waals surface area contributed by atoms with Crippen LogP contribution in [0.25, 0.3) is 0 Å². The zero-order chi connectivity index (χ0) is 47.8. The molecule has 0 radical (unpaired) electrons. The van der Waals surface area contributed by atoms with Gasteiger partial charge < -0.3 is 39.9 Å². The molecular formula is C51H95O13P. The number of carbonyl (C=O) groups is 2. The number of ether oxygens (including phenoxy) is 2. The third-order valence-corrected chi connectivity index (χ3v) is 13.3. The summed E-state index contributed by atoms with van der Waals surface area (Å²) in [5.41, 5.74) is 0. The maximum absolute atomic E-state index is 12.8. The van der Waals surface area contributed by atoms with Crippen molar-refractivity contribution in [3.63, 3.8) is 0 Å². The topological polar surface area (TPSA) is 210 Å². The van der Waals surface area contributed by atoms with Crippen LogP contribution in [0.3, 0.4) is 0 Å². The number of esters is 2. The van der Waals surface area contributed by atoms with Gasteiger partial charge in [0.1, 0.15) is 43.2 Å². The summed E-state index contributed by atoms with van der Waals surface area (Å²) in [5, 5.41) is 50.3. The van der Waals surface area contributed by atoms with E-state index >= 15 is 0 Å². The van der Waals surface area contributed by atoms with Crippen LogP contribution in [-0.2, 0) is 32.7 Å². The number of hydrogen-bond acceptors (Lipinski definition) is 12. The Balaban J connectivity index is 2.36. The Morgan fingerprint density at radius 3 is 1.22 bits per heavy atom. The normalized spacial score (nSPS) is 21.5. The molecule has 0 amide bonds. The summed E-state index contributed by atoms with van der Waals surface area (Å²) >= 11 is 0. The summed E-state index contributed by atoms with van der Waals surface area (Å²) in [4.78, 5) is 35.8. The molecule has 0 aliphatic heterocycles. The van der Waals surface area contributed by atoms with Gasteiger partial charge in [0.05, 0.1) is 6.61 Å². The first-order valence-corrected chi connectivity index (χ1v) is 27.6. The van der Waals surface area contributed by atoms with Crippen LogP contribution in [0.1, 0.15) is 232 Å². The molecule has 8 atom stereocenters. The molecule has 0 aromatic carbocycles. The molecular weight excluding hydrogens is 852 g/mol. The van der Waals surface area contributed by atoms with Crippen LogP contribution in [0.4, 0.5) is 0 Å². The van der Waals surface area contributed by atoms with Crippen molar-refractivity contribution in [3.8, 4) is 0 Å². The minimum atomic E-state index is -5.12. The van der Waals surface area contributed by atoms with Gasteiger partial charge in [0, 0.05) is 12.8 Å². The summed E-state index contributed by atoms with van der Waals surface area (Å²) in [6, 6.07) is 0. The van der Waals surface area contributed by atoms with E-state index in [1.165, 1.54) is 141 Å². The van der Waals surface area contributed by atoms with Crippen molar-refractivity contribution in [2.24, 2.45) is 0 Å². The average Bonchev–Trinajstić information content (AvgIpc) is 3.29. The molecule has 65 heavy (non-hydrogen) atoms. The number of carbonyl (C=O) groups excluding carboxylic acids is 2. The number of phosphoric acid groups is 1. The van der Waals surface area contributed by atoms with Crippen molar-refractivity contribution >= 4 is 19.8 Å². The van der Waals surface area contributed by atoms with E-state index in [2.05, 4.69) is 38.2 Å². The fourth-order valence-corrected chi connectivity index (χ4v) is 9.00. The van der Waals surface area contributed by atoms with Crippen LogP contribution < -0.4 is 0 Å². The number of unbranched alkanes of at least 4 members (excludes halogenated alkanes) is 28. The van der Waals surface area contributed by atoms with Gasteiger partial charge in [-0.2, -0.15) is 0 Å². The van der Waals surface area contributed by atoms with Crippen LogP contribution in [-0.4, -0.2) is 98.3 Å². The van der Waals surface area contributed by atoms with Gasteiger partial charge in [0.2, 0.25) is 0 Å². The fourth-order valence-electron chi connectivity index (χ4n) is 8.03. The molecule has 0 saturated heterocycles. The molecule has 14 heteroatoms. The quantitative estimate of drug-likeness (QED) is 0.0146. The molecule has 0 aromatic heterocycles. The number of allylic oxidation sites excluding steroid dienone is 4. The smallest absolute Gasteiger partial charge is 0.462 e. The summed E-state index contributed by atoms with van der Waals surface area (Å²) < 4.78 is 33.6. The molecule has 1 rings (SSSR count). The molecule has 1 aliphatic carbocycles. The van der Waals surface area contributed by atoms with Gasteiger partial charge in [-0.15, -0.1) is 0 Å². The van der Waals surface area contributed by atoms with Gasteiger partial charge in [0.15, 0.2) is 6.10 Å². The van der Waals surface area contributed by atoms with Gasteiger partial charge in [-0.3, -0.25) is 18.6 Å². The average molecular weight is 947 g/mol. The van der Waals surface area contributed by atoms with Crippen molar-refractivity contribution in [3.05, 3.63) is 24.3 Å². The highest BCUT2D eigenvalue weighted by molar-refractivity contribution is 7.47.